The molecule has 0 spiro atoms. The van der Waals surface area contributed by atoms with Crippen molar-refractivity contribution in [2.24, 2.45) is 11.1 Å². The van der Waals surface area contributed by atoms with Crippen LogP contribution in [0.4, 0.5) is 0 Å². The zero-order valence-electron chi connectivity index (χ0n) is 13.6. The molecule has 2 aliphatic rings. The zero-order chi connectivity index (χ0) is 14.9. The summed E-state index contributed by atoms with van der Waals surface area (Å²) < 4.78 is 0. The van der Waals surface area contributed by atoms with Crippen molar-refractivity contribution in [3.63, 3.8) is 0 Å². The number of nitrogens with two attached hydrogens (primary N) is 1. The summed E-state index contributed by atoms with van der Waals surface area (Å²) in [5.41, 5.74) is 9.54. The third-order valence-corrected chi connectivity index (χ3v) is 5.41. The van der Waals surface area contributed by atoms with Crippen LogP contribution in [0, 0.1) is 5.41 Å². The molecule has 1 saturated carbocycles. The topological polar surface area (TPSA) is 29.3 Å². The van der Waals surface area contributed by atoms with Gasteiger partial charge in [0.05, 0.1) is 0 Å². The van der Waals surface area contributed by atoms with E-state index in [0.29, 0.717) is 11.5 Å². The maximum absolute atomic E-state index is 6.12. The molecule has 0 radical (unpaired) electrons. The number of hydrogen-bond donors (Lipinski definition) is 1. The monoisotopic (exact) mass is 286 g/mol. The molecule has 2 nitrogen and oxygen atoms in total. The average Bonchev–Trinajstić information content (AvgIpc) is 3.30. The molecule has 2 N–H and O–H groups in total. The minimum atomic E-state index is 0.396. The molecule has 2 heteroatoms. The van der Waals surface area contributed by atoms with E-state index in [9.17, 15) is 0 Å². The van der Waals surface area contributed by atoms with Gasteiger partial charge in [-0.2, -0.15) is 0 Å². The van der Waals surface area contributed by atoms with Crippen molar-refractivity contribution in [1.29, 1.82) is 0 Å². The third-order valence-electron chi connectivity index (χ3n) is 5.41. The van der Waals surface area contributed by atoms with Crippen LogP contribution in [0.3, 0.4) is 0 Å². The van der Waals surface area contributed by atoms with Crippen molar-refractivity contribution in [2.75, 3.05) is 19.6 Å². The number of hydrogen-bond acceptors (Lipinski definition) is 2. The van der Waals surface area contributed by atoms with Crippen molar-refractivity contribution in [3.8, 4) is 0 Å². The molecule has 116 valence electrons. The van der Waals surface area contributed by atoms with Crippen LogP contribution in [0.25, 0.3) is 0 Å². The molecule has 1 saturated heterocycles. The van der Waals surface area contributed by atoms with Crippen LogP contribution in [0.5, 0.6) is 0 Å². The Bertz CT molecular complexity index is 459. The van der Waals surface area contributed by atoms with Crippen LogP contribution in [-0.4, -0.2) is 24.5 Å². The Morgan fingerprint density at radius 2 is 1.86 bits per heavy atom. The lowest BCUT2D eigenvalue weighted by atomic mass is 9.85. The second-order valence-corrected chi connectivity index (χ2v) is 7.75. The standard InChI is InChI=1S/C19H30N2/c1-19(2)10-3-12-21(13-11-19)18(14-20)17-8-6-16(7-9-17)15-4-5-15/h6-9,15,18H,3-5,10-14,20H2,1-2H3. The molecule has 0 aromatic heterocycles. The van der Waals surface area contributed by atoms with Gasteiger partial charge in [0.1, 0.15) is 0 Å². The molecule has 1 aliphatic heterocycles. The van der Waals surface area contributed by atoms with Gasteiger partial charge in [-0.25, -0.2) is 0 Å². The Morgan fingerprint density at radius 1 is 1.14 bits per heavy atom. The van der Waals surface area contributed by atoms with E-state index >= 15 is 0 Å². The lowest BCUT2D eigenvalue weighted by Gasteiger charge is -2.31. The highest BCUT2D eigenvalue weighted by Gasteiger charge is 2.28. The molecule has 21 heavy (non-hydrogen) atoms. The highest BCUT2D eigenvalue weighted by atomic mass is 15.2. The summed E-state index contributed by atoms with van der Waals surface area (Å²) in [6.45, 7) is 7.90. The molecule has 0 amide bonds. The van der Waals surface area contributed by atoms with Gasteiger partial charge >= 0.3 is 0 Å². The summed E-state index contributed by atoms with van der Waals surface area (Å²) >= 11 is 0. The summed E-state index contributed by atoms with van der Waals surface area (Å²) in [6, 6.07) is 9.70. The van der Waals surface area contributed by atoms with Crippen LogP contribution < -0.4 is 5.73 Å². The van der Waals surface area contributed by atoms with Crippen molar-refractivity contribution in [3.05, 3.63) is 35.4 Å². The zero-order valence-corrected chi connectivity index (χ0v) is 13.6. The third kappa shape index (κ3) is 3.67. The molecule has 2 fully saturated rings. The largest absolute Gasteiger partial charge is 0.329 e. The SMILES string of the molecule is CC1(C)CCCN(C(CN)c2ccc(C3CC3)cc2)CC1. The summed E-state index contributed by atoms with van der Waals surface area (Å²) in [7, 11) is 0. The van der Waals surface area contributed by atoms with E-state index in [1.54, 1.807) is 0 Å². The molecule has 1 aromatic rings. The molecule has 0 bridgehead atoms. The van der Waals surface area contributed by atoms with E-state index in [2.05, 4.69) is 43.0 Å². The van der Waals surface area contributed by atoms with Gasteiger partial charge in [0.15, 0.2) is 0 Å². The van der Waals surface area contributed by atoms with Gasteiger partial charge in [-0.1, -0.05) is 38.1 Å². The van der Waals surface area contributed by atoms with Gasteiger partial charge in [-0.05, 0) is 67.7 Å². The van der Waals surface area contributed by atoms with Crippen LogP contribution in [-0.2, 0) is 0 Å². The van der Waals surface area contributed by atoms with E-state index in [4.69, 9.17) is 5.73 Å². The van der Waals surface area contributed by atoms with E-state index in [1.807, 2.05) is 0 Å². The Balaban J connectivity index is 1.71. The Labute approximate surface area is 129 Å². The average molecular weight is 286 g/mol. The van der Waals surface area contributed by atoms with E-state index < -0.39 is 0 Å². The summed E-state index contributed by atoms with van der Waals surface area (Å²) in [5, 5.41) is 0. The van der Waals surface area contributed by atoms with Crippen LogP contribution >= 0.6 is 0 Å². The van der Waals surface area contributed by atoms with Gasteiger partial charge in [0.2, 0.25) is 0 Å². The van der Waals surface area contributed by atoms with Gasteiger partial charge < -0.3 is 5.73 Å². The van der Waals surface area contributed by atoms with Crippen molar-refractivity contribution in [1.82, 2.24) is 4.90 Å². The molecule has 1 unspecified atom stereocenters. The number of rotatable bonds is 4. The highest BCUT2D eigenvalue weighted by Crippen LogP contribution is 2.40. The predicted molar refractivity (Wildman–Crippen MR) is 89.4 cm³/mol. The van der Waals surface area contributed by atoms with Crippen LogP contribution in [0.2, 0.25) is 0 Å². The smallest absolute Gasteiger partial charge is 0.0470 e. The second-order valence-electron chi connectivity index (χ2n) is 7.75. The Kier molecular flexibility index (Phi) is 4.37. The summed E-state index contributed by atoms with van der Waals surface area (Å²) in [5.74, 6) is 0.842. The molecule has 3 rings (SSSR count). The lowest BCUT2D eigenvalue weighted by molar-refractivity contribution is 0.200. The molecule has 1 atom stereocenters. The van der Waals surface area contributed by atoms with E-state index in [-0.39, 0.29) is 0 Å². The van der Waals surface area contributed by atoms with Crippen LogP contribution in [0.1, 0.15) is 69.0 Å². The summed E-state index contributed by atoms with van der Waals surface area (Å²) in [4.78, 5) is 2.61. The molecular weight excluding hydrogens is 256 g/mol. The highest BCUT2D eigenvalue weighted by molar-refractivity contribution is 5.30. The van der Waals surface area contributed by atoms with E-state index in [0.717, 1.165) is 12.5 Å². The van der Waals surface area contributed by atoms with Crippen molar-refractivity contribution >= 4 is 0 Å². The first-order valence-corrected chi connectivity index (χ1v) is 8.63. The molecule has 1 aromatic carbocycles. The number of benzene rings is 1. The molecule has 1 heterocycles. The van der Waals surface area contributed by atoms with Gasteiger partial charge in [-0.3, -0.25) is 4.90 Å². The fourth-order valence-electron chi connectivity index (χ4n) is 3.66. The normalized spacial score (nSPS) is 24.5. The lowest BCUT2D eigenvalue weighted by Crippen LogP contribution is -2.35. The van der Waals surface area contributed by atoms with Gasteiger partial charge in [0.25, 0.3) is 0 Å². The minimum Gasteiger partial charge on any atom is -0.329 e. The molecular formula is C19H30N2. The first-order valence-electron chi connectivity index (χ1n) is 8.63. The van der Waals surface area contributed by atoms with Crippen LogP contribution in [0.15, 0.2) is 24.3 Å². The van der Waals surface area contributed by atoms with Gasteiger partial charge in [-0.15, -0.1) is 0 Å². The molecule has 1 aliphatic carbocycles. The Hall–Kier alpha value is -0.860. The minimum absolute atomic E-state index is 0.396. The van der Waals surface area contributed by atoms with Crippen molar-refractivity contribution in [2.45, 2.75) is 57.9 Å². The quantitative estimate of drug-likeness (QED) is 0.904. The van der Waals surface area contributed by atoms with Crippen molar-refractivity contribution < 1.29 is 0 Å². The number of nitrogens with zero attached hydrogens (tertiary/aromatic N) is 1. The fourth-order valence-corrected chi connectivity index (χ4v) is 3.66. The summed E-state index contributed by atoms with van der Waals surface area (Å²) in [6.07, 6.45) is 6.66. The Morgan fingerprint density at radius 3 is 2.48 bits per heavy atom. The number of likely N-dealkylation sites (tertiary alicyclic amines) is 1. The maximum Gasteiger partial charge on any atom is 0.0470 e. The second kappa shape index (κ2) is 6.10. The van der Waals surface area contributed by atoms with E-state index in [1.165, 1.54) is 56.3 Å². The van der Waals surface area contributed by atoms with Gasteiger partial charge in [0, 0.05) is 12.6 Å². The first kappa shape index (κ1) is 15.1. The predicted octanol–water partition coefficient (Wildman–Crippen LogP) is 4.08. The fraction of sp³-hybridized carbons (Fsp3) is 0.684. The maximum atomic E-state index is 6.12. The first-order chi connectivity index (χ1) is 10.1.